The number of hydrogen-bond acceptors (Lipinski definition) is 9. The maximum absolute atomic E-state index is 12.4. The number of nitrogens with two attached hydrogens (primary N) is 1. The number of piperidine rings is 1. The van der Waals surface area contributed by atoms with Gasteiger partial charge in [0.15, 0.2) is 17.3 Å². The fraction of sp³-hybridized carbons (Fsp3) is 0.222. The second-order valence-electron chi connectivity index (χ2n) is 8.97. The third-order valence-corrected chi connectivity index (χ3v) is 6.49. The van der Waals surface area contributed by atoms with E-state index in [2.05, 4.69) is 20.3 Å². The number of benzene rings is 2. The van der Waals surface area contributed by atoms with Crippen LogP contribution in [0.15, 0.2) is 77.7 Å². The minimum Gasteiger partial charge on any atom is -0.490 e. The highest BCUT2D eigenvalue weighted by Crippen LogP contribution is 2.30. The number of carbonyl (C=O) groups is 1. The molecule has 1 amide bonds. The summed E-state index contributed by atoms with van der Waals surface area (Å²) in [7, 11) is 0. The van der Waals surface area contributed by atoms with Crippen LogP contribution in [-0.2, 0) is 11.3 Å². The van der Waals surface area contributed by atoms with Crippen molar-refractivity contribution in [2.75, 3.05) is 18.8 Å². The lowest BCUT2D eigenvalue weighted by Crippen LogP contribution is -2.42. The molecule has 1 aliphatic heterocycles. The van der Waals surface area contributed by atoms with Crippen LogP contribution in [0.2, 0.25) is 0 Å². The summed E-state index contributed by atoms with van der Waals surface area (Å²) in [5.41, 5.74) is 9.66. The van der Waals surface area contributed by atoms with Crippen LogP contribution in [0.4, 0.5) is 10.6 Å². The number of anilines is 1. The van der Waals surface area contributed by atoms with Gasteiger partial charge < -0.3 is 20.1 Å². The Morgan fingerprint density at radius 3 is 2.55 bits per heavy atom. The summed E-state index contributed by atoms with van der Waals surface area (Å²) >= 11 is 0. The fourth-order valence-corrected chi connectivity index (χ4v) is 4.54. The van der Waals surface area contributed by atoms with E-state index in [0.717, 1.165) is 35.4 Å². The van der Waals surface area contributed by atoms with Crippen LogP contribution in [0.1, 0.15) is 18.4 Å². The van der Waals surface area contributed by atoms with E-state index in [1.54, 1.807) is 17.3 Å². The van der Waals surface area contributed by atoms with E-state index in [0.29, 0.717) is 30.1 Å². The Kier molecular flexibility index (Phi) is 6.30. The second kappa shape index (κ2) is 10.2. The molecule has 4 heterocycles. The summed E-state index contributed by atoms with van der Waals surface area (Å²) in [4.78, 5) is 23.0. The van der Waals surface area contributed by atoms with E-state index < -0.39 is 0 Å². The van der Waals surface area contributed by atoms with Crippen LogP contribution < -0.4 is 10.5 Å². The first-order chi connectivity index (χ1) is 18.7. The van der Waals surface area contributed by atoms with Crippen LogP contribution in [0, 0.1) is 0 Å². The van der Waals surface area contributed by atoms with Crippen LogP contribution in [0.25, 0.3) is 28.2 Å². The molecule has 0 unspecified atom stereocenters. The van der Waals surface area contributed by atoms with E-state index in [1.165, 1.54) is 0 Å². The Labute approximate surface area is 217 Å². The molecule has 0 saturated carbocycles. The lowest BCUT2D eigenvalue weighted by molar-refractivity contribution is 0.0638. The maximum Gasteiger partial charge on any atom is 0.410 e. The fourth-order valence-electron chi connectivity index (χ4n) is 4.54. The van der Waals surface area contributed by atoms with Gasteiger partial charge in [-0.1, -0.05) is 30.3 Å². The van der Waals surface area contributed by atoms with Gasteiger partial charge >= 0.3 is 6.09 Å². The Bertz CT molecular complexity index is 1540. The number of aromatic nitrogens is 5. The molecule has 5 aromatic rings. The number of nitrogen functional groups attached to an aromatic ring is 1. The van der Waals surface area contributed by atoms with E-state index in [-0.39, 0.29) is 24.6 Å². The molecule has 2 N–H and O–H groups in total. The van der Waals surface area contributed by atoms with Gasteiger partial charge in [0.2, 0.25) is 0 Å². The number of fused-ring (bicyclic) bond motifs is 1. The highest BCUT2D eigenvalue weighted by Gasteiger charge is 2.25. The first-order valence-corrected chi connectivity index (χ1v) is 12.3. The molecule has 38 heavy (non-hydrogen) atoms. The summed E-state index contributed by atoms with van der Waals surface area (Å²) in [5.74, 6) is 1.41. The number of hydrogen-bond donors (Lipinski definition) is 1. The number of likely N-dealkylation sites (tertiary alicyclic amines) is 1. The van der Waals surface area contributed by atoms with Gasteiger partial charge in [0.25, 0.3) is 0 Å². The minimum absolute atomic E-state index is 0.00994. The maximum atomic E-state index is 12.4. The highest BCUT2D eigenvalue weighted by atomic mass is 16.6. The largest absolute Gasteiger partial charge is 0.490 e. The normalized spacial score (nSPS) is 14.1. The van der Waals surface area contributed by atoms with Gasteiger partial charge in [0.05, 0.1) is 11.7 Å². The number of pyridine rings is 1. The van der Waals surface area contributed by atoms with Crippen molar-refractivity contribution < 1.29 is 18.9 Å². The molecule has 2 aromatic carbocycles. The zero-order valence-electron chi connectivity index (χ0n) is 20.4. The molecule has 0 atom stereocenters. The monoisotopic (exact) mass is 511 g/mol. The molecule has 192 valence electrons. The number of ether oxygens (including phenoxy) is 2. The van der Waals surface area contributed by atoms with Gasteiger partial charge in [-0.25, -0.2) is 14.4 Å². The molecule has 6 rings (SSSR count). The second-order valence-corrected chi connectivity index (χ2v) is 8.97. The zero-order valence-corrected chi connectivity index (χ0v) is 20.4. The molecular formula is C27H25N7O4. The van der Waals surface area contributed by atoms with Crippen LogP contribution in [-0.4, -0.2) is 55.0 Å². The van der Waals surface area contributed by atoms with Gasteiger partial charge in [-0.05, 0) is 46.2 Å². The predicted molar refractivity (Wildman–Crippen MR) is 138 cm³/mol. The average Bonchev–Trinajstić information content (AvgIpc) is 3.56. The van der Waals surface area contributed by atoms with Crippen molar-refractivity contribution in [3.8, 4) is 23.0 Å². The number of rotatable bonds is 6. The average molecular weight is 512 g/mol. The summed E-state index contributed by atoms with van der Waals surface area (Å²) in [6.07, 6.45) is 4.55. The summed E-state index contributed by atoms with van der Waals surface area (Å²) < 4.78 is 18.4. The predicted octanol–water partition coefficient (Wildman–Crippen LogP) is 4.23. The highest BCUT2D eigenvalue weighted by molar-refractivity contribution is 5.83. The smallest absolute Gasteiger partial charge is 0.410 e. The summed E-state index contributed by atoms with van der Waals surface area (Å²) in [5, 5.41) is 7.62. The van der Waals surface area contributed by atoms with Crippen molar-refractivity contribution >= 4 is 22.9 Å². The molecule has 1 saturated heterocycles. The lowest BCUT2D eigenvalue weighted by Gasteiger charge is -2.31. The van der Waals surface area contributed by atoms with Crippen molar-refractivity contribution in [3.05, 3.63) is 78.6 Å². The molecule has 0 radical (unpaired) electrons. The molecule has 11 nitrogen and oxygen atoms in total. The van der Waals surface area contributed by atoms with Crippen molar-refractivity contribution in [2.24, 2.45) is 0 Å². The quantitative estimate of drug-likeness (QED) is 0.355. The van der Waals surface area contributed by atoms with Crippen molar-refractivity contribution in [1.82, 2.24) is 29.7 Å². The van der Waals surface area contributed by atoms with Crippen LogP contribution in [0.3, 0.4) is 0 Å². The summed E-state index contributed by atoms with van der Waals surface area (Å²) in [6.45, 7) is 1.44. The molecule has 0 aliphatic carbocycles. The molecule has 1 fully saturated rings. The van der Waals surface area contributed by atoms with Crippen molar-refractivity contribution in [2.45, 2.75) is 25.6 Å². The van der Waals surface area contributed by atoms with Gasteiger partial charge in [-0.3, -0.25) is 9.55 Å². The third kappa shape index (κ3) is 4.73. The van der Waals surface area contributed by atoms with Gasteiger partial charge in [0.1, 0.15) is 24.0 Å². The molecular weight excluding hydrogens is 486 g/mol. The molecule has 1 aliphatic rings. The van der Waals surface area contributed by atoms with Gasteiger partial charge in [-0.2, -0.15) is 0 Å². The molecule has 3 aromatic heterocycles. The molecule has 0 spiro atoms. The third-order valence-electron chi connectivity index (χ3n) is 6.49. The zero-order chi connectivity index (χ0) is 25.9. The van der Waals surface area contributed by atoms with E-state index in [1.807, 2.05) is 65.2 Å². The van der Waals surface area contributed by atoms with E-state index >= 15 is 0 Å². The standard InChI is InChI=1S/C27H25N7O4/c28-25-24(31-38-32-25)26-30-22-16-29-13-10-23(22)34(26)19-6-8-20(9-7-19)37-21-11-14-33(15-12-21)27(35)36-17-18-4-2-1-3-5-18/h1-10,13,16,21H,11-12,14-15,17H2,(H2,28,32). The number of carbonyl (C=O) groups excluding carboxylic acids is 1. The Balaban J connectivity index is 1.11. The number of imidazole rings is 1. The minimum atomic E-state index is -0.293. The van der Waals surface area contributed by atoms with Gasteiger partial charge in [0, 0.05) is 37.8 Å². The van der Waals surface area contributed by atoms with Crippen LogP contribution >= 0.6 is 0 Å². The lowest BCUT2D eigenvalue weighted by atomic mass is 10.1. The Morgan fingerprint density at radius 1 is 1.03 bits per heavy atom. The summed E-state index contributed by atoms with van der Waals surface area (Å²) in [6, 6.07) is 19.3. The topological polar surface area (TPSA) is 134 Å². The molecule has 11 heteroatoms. The van der Waals surface area contributed by atoms with Crippen LogP contribution in [0.5, 0.6) is 5.75 Å². The number of nitrogens with zero attached hydrogens (tertiary/aromatic N) is 6. The van der Waals surface area contributed by atoms with E-state index in [4.69, 9.17) is 19.8 Å². The molecule has 0 bridgehead atoms. The Hall–Kier alpha value is -4.93. The first-order valence-electron chi connectivity index (χ1n) is 12.3. The first kappa shape index (κ1) is 23.5. The van der Waals surface area contributed by atoms with Gasteiger partial charge in [-0.15, -0.1) is 0 Å². The van der Waals surface area contributed by atoms with Crippen molar-refractivity contribution in [3.63, 3.8) is 0 Å². The Morgan fingerprint density at radius 2 is 1.82 bits per heavy atom. The SMILES string of the molecule is Nc1nonc1-c1nc2cnccc2n1-c1ccc(OC2CCN(C(=O)OCc3ccccc3)CC2)cc1. The van der Waals surface area contributed by atoms with E-state index in [9.17, 15) is 4.79 Å². The van der Waals surface area contributed by atoms with Crippen molar-refractivity contribution in [1.29, 1.82) is 0 Å². The number of amides is 1.